The number of hydrogen-bond donors (Lipinski definition) is 2. The molecule has 0 fully saturated rings. The molecular weight excluding hydrogens is 528 g/mol. The summed E-state index contributed by atoms with van der Waals surface area (Å²) in [6.45, 7) is 8.21. The fourth-order valence-electron chi connectivity index (χ4n) is 4.37. The van der Waals surface area contributed by atoms with Crippen LogP contribution in [0.5, 0.6) is 0 Å². The van der Waals surface area contributed by atoms with E-state index in [9.17, 15) is 4.79 Å². The fourth-order valence-corrected chi connectivity index (χ4v) is 4.37. The van der Waals surface area contributed by atoms with Gasteiger partial charge >= 0.3 is 0 Å². The summed E-state index contributed by atoms with van der Waals surface area (Å²) in [5.41, 5.74) is 17.6. The molecule has 2 aromatic heterocycles. The van der Waals surface area contributed by atoms with Gasteiger partial charge in [0, 0.05) is 49.1 Å². The standard InChI is InChI=1S/C29H43N6O6/c1-2-37-22-23-21-25-28(24-7-3-4-8-26(24)34-29(25)30)35(23)12-6-5-10-32-27(36)9-13-38-15-17-40-19-20-41-18-16-39-14-11-33-31/h3-4,7-8,21H,2,5-6,9-20,22H2,1H3,(H2,30,34)(H,32,36)/q-1. The second-order valence-electron chi connectivity index (χ2n) is 9.32. The van der Waals surface area contributed by atoms with Crippen LogP contribution >= 0.6 is 0 Å². The quantitative estimate of drug-likeness (QED) is 0.129. The molecule has 0 aliphatic heterocycles. The number of aromatic nitrogens is 2. The van der Waals surface area contributed by atoms with E-state index in [1.54, 1.807) is 0 Å². The lowest BCUT2D eigenvalue weighted by Gasteiger charge is -2.13. The van der Waals surface area contributed by atoms with Gasteiger partial charge in [0.05, 0.1) is 70.5 Å². The second-order valence-corrected chi connectivity index (χ2v) is 9.32. The molecule has 0 saturated heterocycles. The van der Waals surface area contributed by atoms with E-state index >= 15 is 0 Å². The smallest absolute Gasteiger partial charge is 0.222 e. The Hall–Kier alpha value is -3.16. The van der Waals surface area contributed by atoms with Crippen LogP contribution in [0.4, 0.5) is 5.82 Å². The van der Waals surface area contributed by atoms with E-state index in [0.29, 0.717) is 84.9 Å². The fraction of sp³-hybridized carbons (Fsp3) is 0.586. The van der Waals surface area contributed by atoms with E-state index in [0.717, 1.165) is 46.9 Å². The van der Waals surface area contributed by atoms with Gasteiger partial charge in [0.15, 0.2) is 0 Å². The van der Waals surface area contributed by atoms with Gasteiger partial charge in [0.1, 0.15) is 5.82 Å². The van der Waals surface area contributed by atoms with Crippen LogP contribution < -0.4 is 11.1 Å². The van der Waals surface area contributed by atoms with Gasteiger partial charge in [-0.25, -0.2) is 4.98 Å². The summed E-state index contributed by atoms with van der Waals surface area (Å²) in [6.07, 6.45) is 2.05. The van der Waals surface area contributed by atoms with Crippen molar-refractivity contribution >= 4 is 33.5 Å². The molecule has 0 radical (unpaired) electrons. The molecule has 0 unspecified atom stereocenters. The number of benzene rings is 1. The molecule has 2 heterocycles. The van der Waals surface area contributed by atoms with Crippen molar-refractivity contribution in [3.63, 3.8) is 0 Å². The van der Waals surface area contributed by atoms with Crippen LogP contribution in [-0.2, 0) is 41.6 Å². The summed E-state index contributed by atoms with van der Waals surface area (Å²) in [4.78, 5) is 16.8. The van der Waals surface area contributed by atoms with E-state index in [2.05, 4.69) is 32.1 Å². The Balaban J connectivity index is 1.29. The molecule has 0 spiro atoms. The molecule has 0 bridgehead atoms. The zero-order chi connectivity index (χ0) is 29.1. The molecule has 3 rings (SSSR count). The first-order valence-electron chi connectivity index (χ1n) is 14.3. The van der Waals surface area contributed by atoms with Crippen LogP contribution in [0.2, 0.25) is 0 Å². The highest BCUT2D eigenvalue weighted by molar-refractivity contribution is 6.08. The van der Waals surface area contributed by atoms with Gasteiger partial charge in [0.2, 0.25) is 5.91 Å². The average molecular weight is 572 g/mol. The Morgan fingerprint density at radius 2 is 1.63 bits per heavy atom. The average Bonchev–Trinajstić information content (AvgIpc) is 3.35. The number of hydrogen-bond acceptors (Lipinski definition) is 9. The number of carbonyl (C=O) groups excluding carboxylic acids is 1. The maximum absolute atomic E-state index is 12.2. The number of carbonyl (C=O) groups is 1. The number of fused-ring (bicyclic) bond motifs is 3. The van der Waals surface area contributed by atoms with E-state index < -0.39 is 0 Å². The van der Waals surface area contributed by atoms with Crippen molar-refractivity contribution in [1.82, 2.24) is 14.9 Å². The van der Waals surface area contributed by atoms with Gasteiger partial charge in [-0.1, -0.05) is 18.2 Å². The number of para-hydroxylation sites is 1. The lowest BCUT2D eigenvalue weighted by atomic mass is 10.1. The number of nitrogens with one attached hydrogen (secondary N) is 1. The van der Waals surface area contributed by atoms with Crippen molar-refractivity contribution in [2.24, 2.45) is 5.11 Å². The number of amides is 1. The van der Waals surface area contributed by atoms with Crippen molar-refractivity contribution in [3.8, 4) is 0 Å². The van der Waals surface area contributed by atoms with Gasteiger partial charge in [-0.05, 0) is 31.9 Å². The Morgan fingerprint density at radius 3 is 2.34 bits per heavy atom. The lowest BCUT2D eigenvalue weighted by molar-refractivity contribution is -0.122. The predicted molar refractivity (Wildman–Crippen MR) is 158 cm³/mol. The Kier molecular flexibility index (Phi) is 15.0. The topological polar surface area (TPSA) is 154 Å². The summed E-state index contributed by atoms with van der Waals surface area (Å²) >= 11 is 0. The van der Waals surface area contributed by atoms with Gasteiger partial charge in [-0.3, -0.25) is 4.79 Å². The van der Waals surface area contributed by atoms with E-state index in [1.807, 2.05) is 25.1 Å². The summed E-state index contributed by atoms with van der Waals surface area (Å²) in [5, 5.41) is 7.95. The number of pyridine rings is 1. The van der Waals surface area contributed by atoms with Gasteiger partial charge in [-0.2, -0.15) is 0 Å². The summed E-state index contributed by atoms with van der Waals surface area (Å²) < 4.78 is 29.5. The third-order valence-electron chi connectivity index (χ3n) is 6.37. The number of nitrogens with zero attached hydrogens (tertiary/aromatic N) is 4. The highest BCUT2D eigenvalue weighted by atomic mass is 16.6. The molecule has 3 N–H and O–H groups in total. The molecule has 0 atom stereocenters. The lowest BCUT2D eigenvalue weighted by Crippen LogP contribution is -2.26. The summed E-state index contributed by atoms with van der Waals surface area (Å²) in [7, 11) is 0. The van der Waals surface area contributed by atoms with Crippen molar-refractivity contribution in [1.29, 1.82) is 0 Å². The van der Waals surface area contributed by atoms with Crippen molar-refractivity contribution in [2.75, 3.05) is 78.3 Å². The van der Waals surface area contributed by atoms with Crippen LogP contribution in [0, 0.1) is 0 Å². The second kappa shape index (κ2) is 19.1. The molecule has 12 nitrogen and oxygen atoms in total. The number of nitrogen functional groups attached to an aromatic ring is 1. The summed E-state index contributed by atoms with van der Waals surface area (Å²) in [5.74, 6) is 0.498. The maximum Gasteiger partial charge on any atom is 0.222 e. The molecule has 1 aromatic carbocycles. The molecule has 12 heteroatoms. The highest BCUT2D eigenvalue weighted by Gasteiger charge is 2.15. The molecule has 0 aliphatic rings. The van der Waals surface area contributed by atoms with Crippen LogP contribution in [-0.4, -0.2) is 88.0 Å². The number of anilines is 1. The monoisotopic (exact) mass is 571 g/mol. The third-order valence-corrected chi connectivity index (χ3v) is 6.37. The number of ether oxygens (including phenoxy) is 5. The molecule has 0 aliphatic carbocycles. The summed E-state index contributed by atoms with van der Waals surface area (Å²) in [6, 6.07) is 10.1. The first-order valence-corrected chi connectivity index (χ1v) is 14.3. The van der Waals surface area contributed by atoms with E-state index in [4.69, 9.17) is 34.9 Å². The van der Waals surface area contributed by atoms with E-state index in [1.165, 1.54) is 0 Å². The van der Waals surface area contributed by atoms with Crippen molar-refractivity contribution in [2.45, 2.75) is 39.3 Å². The molecule has 1 amide bonds. The number of unbranched alkanes of at least 4 members (excludes halogenated alkanes) is 1. The first kappa shape index (κ1) is 32.4. The molecule has 41 heavy (non-hydrogen) atoms. The SMILES string of the molecule is CCOCc1cc2c(N)nc3ccccc3c2n1CCCCNC(=O)CCOCCOCCOCCOCCN=[N-]. The van der Waals surface area contributed by atoms with Gasteiger partial charge < -0.3 is 49.9 Å². The van der Waals surface area contributed by atoms with E-state index in [-0.39, 0.29) is 12.5 Å². The van der Waals surface area contributed by atoms with Gasteiger partial charge in [0.25, 0.3) is 0 Å². The van der Waals surface area contributed by atoms with Gasteiger partial charge in [-0.15, -0.1) is 0 Å². The molecule has 3 aromatic rings. The zero-order valence-electron chi connectivity index (χ0n) is 24.0. The normalized spacial score (nSPS) is 11.4. The predicted octanol–water partition coefficient (Wildman–Crippen LogP) is 3.68. The van der Waals surface area contributed by atoms with Crippen LogP contribution in [0.15, 0.2) is 35.4 Å². The Labute approximate surface area is 241 Å². The third kappa shape index (κ3) is 11.0. The number of aryl methyl sites for hydroxylation is 1. The van der Waals surface area contributed by atoms with Crippen molar-refractivity contribution in [3.05, 3.63) is 41.6 Å². The Morgan fingerprint density at radius 1 is 0.951 bits per heavy atom. The molecule has 0 saturated carbocycles. The van der Waals surface area contributed by atoms with Crippen molar-refractivity contribution < 1.29 is 28.5 Å². The molecule has 226 valence electrons. The largest absolute Gasteiger partial charge is 0.712 e. The molecular formula is C29H43N6O6-. The zero-order valence-corrected chi connectivity index (χ0v) is 24.0. The number of rotatable bonds is 23. The number of nitrogens with two attached hydrogens (primary N) is 1. The minimum Gasteiger partial charge on any atom is -0.712 e. The highest BCUT2D eigenvalue weighted by Crippen LogP contribution is 2.31. The minimum atomic E-state index is -0.0255. The maximum atomic E-state index is 12.2. The Bertz CT molecular complexity index is 1200. The van der Waals surface area contributed by atoms with Crippen LogP contribution in [0.25, 0.3) is 27.3 Å². The van der Waals surface area contributed by atoms with Crippen LogP contribution in [0.3, 0.4) is 0 Å². The minimum absolute atomic E-state index is 0.0255. The first-order chi connectivity index (χ1) is 20.2. The van der Waals surface area contributed by atoms with Crippen LogP contribution in [0.1, 0.15) is 31.9 Å².